The summed E-state index contributed by atoms with van der Waals surface area (Å²) in [6, 6.07) is 1.85. The molecule has 64 valence electrons. The molecule has 0 saturated heterocycles. The van der Waals surface area contributed by atoms with Crippen LogP contribution in [0.5, 0.6) is 0 Å². The molecule has 0 radical (unpaired) electrons. The number of dihydropyridines is 1. The summed E-state index contributed by atoms with van der Waals surface area (Å²) in [4.78, 5) is 0. The van der Waals surface area contributed by atoms with Crippen LogP contribution >= 0.6 is 0 Å². The molecule has 0 aromatic heterocycles. The standard InChI is InChI=1S/C8H10N2O2/c1-4-5(2)7(11)10-8(12)6(4)3-9/h7,10-12H,1-2H3. The monoisotopic (exact) mass is 166 g/mol. The van der Waals surface area contributed by atoms with Crippen molar-refractivity contribution in [2.45, 2.75) is 20.1 Å². The first-order valence-electron chi connectivity index (χ1n) is 3.53. The van der Waals surface area contributed by atoms with E-state index in [1.807, 2.05) is 6.07 Å². The Morgan fingerprint density at radius 2 is 2.08 bits per heavy atom. The van der Waals surface area contributed by atoms with Crippen molar-refractivity contribution >= 4 is 0 Å². The average molecular weight is 166 g/mol. The Bertz CT molecular complexity index is 310. The highest BCUT2D eigenvalue weighted by Crippen LogP contribution is 2.21. The van der Waals surface area contributed by atoms with Crippen LogP contribution in [0, 0.1) is 11.3 Å². The van der Waals surface area contributed by atoms with Crippen molar-refractivity contribution in [2.24, 2.45) is 0 Å². The predicted octanol–water partition coefficient (Wildman–Crippen LogP) is 0.538. The number of hydrogen-bond donors (Lipinski definition) is 3. The molecule has 4 nitrogen and oxygen atoms in total. The van der Waals surface area contributed by atoms with Gasteiger partial charge < -0.3 is 15.5 Å². The van der Waals surface area contributed by atoms with E-state index in [4.69, 9.17) is 5.26 Å². The van der Waals surface area contributed by atoms with E-state index in [9.17, 15) is 10.2 Å². The highest BCUT2D eigenvalue weighted by molar-refractivity contribution is 5.47. The first kappa shape index (κ1) is 8.62. The second kappa shape index (κ2) is 2.88. The van der Waals surface area contributed by atoms with Gasteiger partial charge in [0.05, 0.1) is 0 Å². The molecular formula is C8H10N2O2. The molecule has 3 N–H and O–H groups in total. The van der Waals surface area contributed by atoms with Crippen LogP contribution in [0.1, 0.15) is 13.8 Å². The number of aliphatic hydroxyl groups excluding tert-OH is 2. The van der Waals surface area contributed by atoms with E-state index in [0.29, 0.717) is 11.1 Å². The van der Waals surface area contributed by atoms with Crippen LogP contribution in [0.25, 0.3) is 0 Å². The molecule has 1 rings (SSSR count). The second-order valence-corrected chi connectivity index (χ2v) is 2.69. The Balaban J connectivity index is 3.18. The zero-order chi connectivity index (χ0) is 9.30. The average Bonchev–Trinajstić information content (AvgIpc) is 2.01. The Kier molecular flexibility index (Phi) is 2.07. The van der Waals surface area contributed by atoms with Crippen molar-refractivity contribution in [1.82, 2.24) is 5.32 Å². The minimum absolute atomic E-state index is 0.192. The molecular weight excluding hydrogens is 156 g/mol. The molecule has 12 heavy (non-hydrogen) atoms. The Morgan fingerprint density at radius 3 is 2.58 bits per heavy atom. The maximum Gasteiger partial charge on any atom is 0.205 e. The molecule has 0 saturated carbocycles. The smallest absolute Gasteiger partial charge is 0.205 e. The molecule has 0 fully saturated rings. The van der Waals surface area contributed by atoms with Crippen molar-refractivity contribution < 1.29 is 10.2 Å². The van der Waals surface area contributed by atoms with E-state index in [1.165, 1.54) is 0 Å². The zero-order valence-electron chi connectivity index (χ0n) is 6.92. The SMILES string of the molecule is CC1=C(C)C(O)NC(O)=C1C#N. The van der Waals surface area contributed by atoms with Crippen LogP contribution in [-0.4, -0.2) is 16.4 Å². The number of rotatable bonds is 0. The fourth-order valence-corrected chi connectivity index (χ4v) is 1.03. The number of allylic oxidation sites excluding steroid dienone is 2. The van der Waals surface area contributed by atoms with E-state index in [2.05, 4.69) is 5.32 Å². The van der Waals surface area contributed by atoms with E-state index >= 15 is 0 Å². The van der Waals surface area contributed by atoms with Gasteiger partial charge in [0.25, 0.3) is 0 Å². The third-order valence-electron chi connectivity index (χ3n) is 2.00. The maximum absolute atomic E-state index is 9.26. The van der Waals surface area contributed by atoms with E-state index in [1.54, 1.807) is 13.8 Å². The van der Waals surface area contributed by atoms with Crippen LogP contribution in [0.15, 0.2) is 22.6 Å². The molecule has 0 aromatic rings. The molecule has 0 spiro atoms. The van der Waals surface area contributed by atoms with Gasteiger partial charge in [-0.2, -0.15) is 5.26 Å². The molecule has 0 amide bonds. The zero-order valence-corrected chi connectivity index (χ0v) is 6.92. The van der Waals surface area contributed by atoms with Crippen LogP contribution in [-0.2, 0) is 0 Å². The predicted molar refractivity (Wildman–Crippen MR) is 42.8 cm³/mol. The van der Waals surface area contributed by atoms with Crippen LogP contribution in [0.3, 0.4) is 0 Å². The molecule has 1 heterocycles. The largest absolute Gasteiger partial charge is 0.494 e. The number of nitrogens with one attached hydrogen (secondary N) is 1. The maximum atomic E-state index is 9.26. The number of nitrogens with zero attached hydrogens (tertiary/aromatic N) is 1. The summed E-state index contributed by atoms with van der Waals surface area (Å²) in [6.07, 6.45) is -0.887. The number of nitriles is 1. The minimum Gasteiger partial charge on any atom is -0.494 e. The molecule has 1 aliphatic rings. The molecule has 0 aliphatic carbocycles. The highest BCUT2D eigenvalue weighted by Gasteiger charge is 2.21. The van der Waals surface area contributed by atoms with Gasteiger partial charge >= 0.3 is 0 Å². The molecule has 4 heteroatoms. The van der Waals surface area contributed by atoms with Crippen LogP contribution < -0.4 is 5.32 Å². The topological polar surface area (TPSA) is 76.3 Å². The van der Waals surface area contributed by atoms with E-state index in [-0.39, 0.29) is 11.5 Å². The summed E-state index contributed by atoms with van der Waals surface area (Å²) >= 11 is 0. The van der Waals surface area contributed by atoms with Gasteiger partial charge in [-0.3, -0.25) is 0 Å². The Morgan fingerprint density at radius 1 is 1.50 bits per heavy atom. The van der Waals surface area contributed by atoms with Gasteiger partial charge in [-0.05, 0) is 25.0 Å². The van der Waals surface area contributed by atoms with Gasteiger partial charge in [0.15, 0.2) is 0 Å². The number of hydrogen-bond acceptors (Lipinski definition) is 4. The van der Waals surface area contributed by atoms with Crippen molar-refractivity contribution in [3.8, 4) is 6.07 Å². The van der Waals surface area contributed by atoms with Gasteiger partial charge in [0, 0.05) is 0 Å². The van der Waals surface area contributed by atoms with Crippen LogP contribution in [0.4, 0.5) is 0 Å². The van der Waals surface area contributed by atoms with Gasteiger partial charge in [-0.25, -0.2) is 0 Å². The molecule has 0 bridgehead atoms. The summed E-state index contributed by atoms with van der Waals surface area (Å²) in [7, 11) is 0. The van der Waals surface area contributed by atoms with E-state index in [0.717, 1.165) is 0 Å². The van der Waals surface area contributed by atoms with Gasteiger partial charge in [-0.15, -0.1) is 0 Å². The molecule has 1 aliphatic heterocycles. The molecule has 1 atom stereocenters. The summed E-state index contributed by atoms with van der Waals surface area (Å²) in [5, 5.41) is 29.4. The minimum atomic E-state index is -0.887. The van der Waals surface area contributed by atoms with Crippen molar-refractivity contribution in [1.29, 1.82) is 5.26 Å². The van der Waals surface area contributed by atoms with Gasteiger partial charge in [0.1, 0.15) is 17.9 Å². The lowest BCUT2D eigenvalue weighted by molar-refractivity contribution is 0.155. The molecule has 1 unspecified atom stereocenters. The summed E-state index contributed by atoms with van der Waals surface area (Å²) in [5.41, 5.74) is 1.48. The Hall–Kier alpha value is -1.47. The van der Waals surface area contributed by atoms with E-state index < -0.39 is 6.23 Å². The normalized spacial score (nSPS) is 23.7. The highest BCUT2D eigenvalue weighted by atomic mass is 16.3. The second-order valence-electron chi connectivity index (χ2n) is 2.69. The lowest BCUT2D eigenvalue weighted by Crippen LogP contribution is -2.34. The lowest BCUT2D eigenvalue weighted by Gasteiger charge is -2.22. The summed E-state index contributed by atoms with van der Waals surface area (Å²) < 4.78 is 0. The third kappa shape index (κ3) is 1.15. The molecule has 0 aromatic carbocycles. The van der Waals surface area contributed by atoms with Crippen molar-refractivity contribution in [3.05, 3.63) is 22.6 Å². The Labute approximate surface area is 70.4 Å². The fraction of sp³-hybridized carbons (Fsp3) is 0.375. The van der Waals surface area contributed by atoms with Crippen LogP contribution in [0.2, 0.25) is 0 Å². The fourth-order valence-electron chi connectivity index (χ4n) is 1.03. The van der Waals surface area contributed by atoms with Gasteiger partial charge in [0.2, 0.25) is 5.88 Å². The van der Waals surface area contributed by atoms with Crippen molar-refractivity contribution in [3.63, 3.8) is 0 Å². The lowest BCUT2D eigenvalue weighted by atomic mass is 10.00. The first-order valence-corrected chi connectivity index (χ1v) is 3.53. The number of aliphatic hydroxyl groups is 2. The van der Waals surface area contributed by atoms with Crippen molar-refractivity contribution in [2.75, 3.05) is 0 Å². The summed E-state index contributed by atoms with van der Waals surface area (Å²) in [6.45, 7) is 3.39. The quantitative estimate of drug-likeness (QED) is 0.491. The van der Waals surface area contributed by atoms with Gasteiger partial charge in [-0.1, -0.05) is 0 Å². The third-order valence-corrected chi connectivity index (χ3v) is 2.00. The first-order chi connectivity index (χ1) is 5.57. The summed E-state index contributed by atoms with van der Waals surface area (Å²) in [5.74, 6) is -0.256.